The van der Waals surface area contributed by atoms with E-state index in [1.165, 1.54) is 0 Å². The van der Waals surface area contributed by atoms with E-state index >= 15 is 0 Å². The quantitative estimate of drug-likeness (QED) is 0.370. The lowest BCUT2D eigenvalue weighted by Gasteiger charge is -2.17. The lowest BCUT2D eigenvalue weighted by Crippen LogP contribution is -2.16. The van der Waals surface area contributed by atoms with Crippen molar-refractivity contribution >= 4 is 34.1 Å². The molecule has 0 saturated carbocycles. The fourth-order valence-corrected chi connectivity index (χ4v) is 4.19. The van der Waals surface area contributed by atoms with Crippen LogP contribution in [0.2, 0.25) is 5.02 Å². The molecule has 0 aliphatic rings. The fraction of sp³-hybridized carbons (Fsp3) is 0.185. The van der Waals surface area contributed by atoms with Gasteiger partial charge in [0.25, 0.3) is 5.91 Å². The molecule has 3 nitrogen and oxygen atoms in total. The lowest BCUT2D eigenvalue weighted by molar-refractivity contribution is 0.102. The molecule has 3 aromatic carbocycles. The number of hydrogen-bond donors (Lipinski definition) is 1. The van der Waals surface area contributed by atoms with Gasteiger partial charge in [0.2, 0.25) is 0 Å². The van der Waals surface area contributed by atoms with Crippen molar-refractivity contribution in [3.8, 4) is 11.3 Å². The number of pyridine rings is 1. The van der Waals surface area contributed by atoms with Crippen LogP contribution in [-0.4, -0.2) is 10.9 Å². The number of amides is 1. The number of carbonyl (C=O) groups excluding carboxylic acids is 1. The van der Waals surface area contributed by atoms with Crippen molar-refractivity contribution in [1.29, 1.82) is 0 Å². The van der Waals surface area contributed by atoms with Gasteiger partial charge in [0.05, 0.1) is 16.8 Å². The molecule has 0 bridgehead atoms. The highest BCUT2D eigenvalue weighted by Gasteiger charge is 2.21. The summed E-state index contributed by atoms with van der Waals surface area (Å²) in [4.78, 5) is 18.6. The zero-order valence-electron chi connectivity index (χ0n) is 18.4. The second-order valence-corrected chi connectivity index (χ2v) is 8.58. The minimum Gasteiger partial charge on any atom is -0.322 e. The summed E-state index contributed by atoms with van der Waals surface area (Å²) in [5, 5.41) is 4.68. The molecule has 0 aliphatic heterocycles. The van der Waals surface area contributed by atoms with Crippen molar-refractivity contribution in [3.63, 3.8) is 0 Å². The van der Waals surface area contributed by atoms with Crippen LogP contribution >= 0.6 is 11.6 Å². The normalized spacial score (nSPS) is 11.0. The van der Waals surface area contributed by atoms with Crippen LogP contribution in [0.15, 0.2) is 54.6 Å². The van der Waals surface area contributed by atoms with E-state index in [2.05, 4.69) is 11.4 Å². The van der Waals surface area contributed by atoms with Gasteiger partial charge in [0.15, 0.2) is 0 Å². The molecule has 0 unspecified atom stereocenters. The number of benzene rings is 3. The molecule has 0 saturated heterocycles. The van der Waals surface area contributed by atoms with E-state index in [9.17, 15) is 4.79 Å². The Bertz CT molecular complexity index is 1320. The third-order valence-corrected chi connectivity index (χ3v) is 6.12. The van der Waals surface area contributed by atoms with Gasteiger partial charge in [0, 0.05) is 21.7 Å². The first-order chi connectivity index (χ1) is 14.8. The van der Waals surface area contributed by atoms with Gasteiger partial charge >= 0.3 is 0 Å². The molecule has 0 aliphatic carbocycles. The Hall–Kier alpha value is -3.17. The summed E-state index contributed by atoms with van der Waals surface area (Å²) in [6, 6.07) is 17.7. The lowest BCUT2D eigenvalue weighted by atomic mass is 9.94. The number of nitrogens with one attached hydrogen (secondary N) is 1. The van der Waals surface area contributed by atoms with E-state index < -0.39 is 0 Å². The number of anilines is 1. The van der Waals surface area contributed by atoms with Crippen LogP contribution in [0.4, 0.5) is 5.69 Å². The maximum atomic E-state index is 13.6. The van der Waals surface area contributed by atoms with Crippen LogP contribution < -0.4 is 5.32 Å². The van der Waals surface area contributed by atoms with Crippen LogP contribution in [-0.2, 0) is 0 Å². The zero-order chi connectivity index (χ0) is 22.3. The molecule has 4 heteroatoms. The number of halogens is 1. The first-order valence-corrected chi connectivity index (χ1v) is 10.7. The number of nitrogens with zero attached hydrogens (tertiary/aromatic N) is 1. The molecule has 1 amide bonds. The SMILES string of the molecule is Cc1cc(C)c2nc(-c3ccc(Cl)cc3)c(C)c(C(=O)Nc3cccc(C)c3C)c2c1. The molecule has 156 valence electrons. The highest BCUT2D eigenvalue weighted by Crippen LogP contribution is 2.33. The van der Waals surface area contributed by atoms with E-state index in [0.717, 1.165) is 55.7 Å². The molecule has 0 atom stereocenters. The number of hydrogen-bond acceptors (Lipinski definition) is 2. The van der Waals surface area contributed by atoms with Gasteiger partial charge in [-0.1, -0.05) is 47.5 Å². The summed E-state index contributed by atoms with van der Waals surface area (Å²) in [7, 11) is 0. The molecular formula is C27H25ClN2O. The second kappa shape index (κ2) is 8.16. The van der Waals surface area contributed by atoms with E-state index in [0.29, 0.717) is 10.6 Å². The van der Waals surface area contributed by atoms with E-state index in [1.54, 1.807) is 0 Å². The average Bonchev–Trinajstić information content (AvgIpc) is 2.71. The van der Waals surface area contributed by atoms with Crippen LogP contribution in [0.25, 0.3) is 22.2 Å². The number of aromatic nitrogens is 1. The molecule has 4 aromatic rings. The highest BCUT2D eigenvalue weighted by atomic mass is 35.5. The summed E-state index contributed by atoms with van der Waals surface area (Å²) in [6.07, 6.45) is 0. The topological polar surface area (TPSA) is 42.0 Å². The maximum absolute atomic E-state index is 13.6. The highest BCUT2D eigenvalue weighted by molar-refractivity contribution is 6.30. The minimum atomic E-state index is -0.126. The van der Waals surface area contributed by atoms with Gasteiger partial charge in [-0.25, -0.2) is 4.98 Å². The minimum absolute atomic E-state index is 0.126. The summed E-state index contributed by atoms with van der Waals surface area (Å²) < 4.78 is 0. The predicted molar refractivity (Wildman–Crippen MR) is 130 cm³/mol. The van der Waals surface area contributed by atoms with E-state index in [4.69, 9.17) is 16.6 Å². The van der Waals surface area contributed by atoms with Crippen molar-refractivity contribution in [2.45, 2.75) is 34.6 Å². The van der Waals surface area contributed by atoms with Gasteiger partial charge < -0.3 is 5.32 Å². The maximum Gasteiger partial charge on any atom is 0.256 e. The molecule has 0 spiro atoms. The fourth-order valence-electron chi connectivity index (χ4n) is 4.07. The summed E-state index contributed by atoms with van der Waals surface area (Å²) in [5.74, 6) is -0.126. The van der Waals surface area contributed by atoms with Gasteiger partial charge in [0.1, 0.15) is 0 Å². The zero-order valence-corrected chi connectivity index (χ0v) is 19.2. The first-order valence-electron chi connectivity index (χ1n) is 10.3. The molecular weight excluding hydrogens is 404 g/mol. The van der Waals surface area contributed by atoms with E-state index in [-0.39, 0.29) is 5.91 Å². The third-order valence-electron chi connectivity index (χ3n) is 5.87. The Balaban J connectivity index is 1.95. The monoisotopic (exact) mass is 428 g/mol. The van der Waals surface area contributed by atoms with Crippen molar-refractivity contribution in [3.05, 3.63) is 93.0 Å². The van der Waals surface area contributed by atoms with Crippen LogP contribution in [0.5, 0.6) is 0 Å². The average molecular weight is 429 g/mol. The van der Waals surface area contributed by atoms with Crippen LogP contribution in [0, 0.1) is 34.6 Å². The van der Waals surface area contributed by atoms with Crippen molar-refractivity contribution in [2.75, 3.05) is 5.32 Å². The largest absolute Gasteiger partial charge is 0.322 e. The Labute approximate surface area is 188 Å². The van der Waals surface area contributed by atoms with Crippen LogP contribution in [0.3, 0.4) is 0 Å². The van der Waals surface area contributed by atoms with Crippen molar-refractivity contribution < 1.29 is 4.79 Å². The molecule has 0 radical (unpaired) electrons. The third kappa shape index (κ3) is 3.94. The van der Waals surface area contributed by atoms with Gasteiger partial charge in [-0.05, 0) is 81.1 Å². The second-order valence-electron chi connectivity index (χ2n) is 8.15. The van der Waals surface area contributed by atoms with Gasteiger partial charge in [-0.15, -0.1) is 0 Å². The summed E-state index contributed by atoms with van der Waals surface area (Å²) in [6.45, 7) is 10.1. The summed E-state index contributed by atoms with van der Waals surface area (Å²) >= 11 is 6.09. The van der Waals surface area contributed by atoms with Gasteiger partial charge in [-0.2, -0.15) is 0 Å². The summed E-state index contributed by atoms with van der Waals surface area (Å²) in [5.41, 5.74) is 9.26. The molecule has 4 rings (SSSR count). The van der Waals surface area contributed by atoms with Gasteiger partial charge in [-0.3, -0.25) is 4.79 Å². The van der Waals surface area contributed by atoms with Crippen molar-refractivity contribution in [2.24, 2.45) is 0 Å². The Kier molecular flexibility index (Phi) is 5.55. The van der Waals surface area contributed by atoms with Crippen LogP contribution in [0.1, 0.15) is 38.2 Å². The Morgan fingerprint density at radius 3 is 2.29 bits per heavy atom. The molecule has 0 fully saturated rings. The number of fused-ring (bicyclic) bond motifs is 1. The Morgan fingerprint density at radius 1 is 0.871 bits per heavy atom. The number of rotatable bonds is 3. The molecule has 1 aromatic heterocycles. The number of aryl methyl sites for hydroxylation is 3. The van der Waals surface area contributed by atoms with Crippen molar-refractivity contribution in [1.82, 2.24) is 4.98 Å². The Morgan fingerprint density at radius 2 is 1.58 bits per heavy atom. The number of carbonyl (C=O) groups is 1. The molecule has 1 N–H and O–H groups in total. The van der Waals surface area contributed by atoms with E-state index in [1.807, 2.05) is 83.1 Å². The first kappa shape index (κ1) is 21.1. The smallest absolute Gasteiger partial charge is 0.256 e. The predicted octanol–water partition coefficient (Wildman–Crippen LogP) is 7.35. The molecule has 1 heterocycles. The molecule has 31 heavy (non-hydrogen) atoms. The standard InChI is InChI=1S/C27H25ClN2O/c1-15-13-17(3)25-22(14-15)24(27(31)29-23-8-6-7-16(2)18(23)4)19(5)26(30-25)20-9-11-21(28)12-10-20/h6-14H,1-5H3,(H,29,31).